The van der Waals surface area contributed by atoms with E-state index in [0.29, 0.717) is 5.92 Å². The van der Waals surface area contributed by atoms with E-state index >= 15 is 0 Å². The topological polar surface area (TPSA) is 33.6 Å². The third-order valence-electron chi connectivity index (χ3n) is 6.46. The highest BCUT2D eigenvalue weighted by Crippen LogP contribution is 2.36. The van der Waals surface area contributed by atoms with E-state index in [2.05, 4.69) is 81.2 Å². The van der Waals surface area contributed by atoms with E-state index in [9.17, 15) is 0 Å². The highest BCUT2D eigenvalue weighted by atomic mass is 16.5. The molecular formula is C31H44N2O. The Morgan fingerprint density at radius 3 is 2.53 bits per heavy atom. The SMILES string of the molecule is C=C(NCC1CCOCC1)c1cccc(C(/C(=C/CC)N=CC)c2cccc(C)c2C)c1.CC. The van der Waals surface area contributed by atoms with Crippen LogP contribution in [0.2, 0.25) is 0 Å². The van der Waals surface area contributed by atoms with Crippen LogP contribution in [0.1, 0.15) is 80.7 Å². The summed E-state index contributed by atoms with van der Waals surface area (Å²) >= 11 is 0. The van der Waals surface area contributed by atoms with E-state index in [-0.39, 0.29) is 5.92 Å². The summed E-state index contributed by atoms with van der Waals surface area (Å²) in [6.07, 6.45) is 7.34. The van der Waals surface area contributed by atoms with Crippen molar-refractivity contribution in [3.05, 3.63) is 88.6 Å². The third kappa shape index (κ3) is 7.43. The molecule has 3 rings (SSSR count). The minimum absolute atomic E-state index is 0.0919. The summed E-state index contributed by atoms with van der Waals surface area (Å²) in [5, 5.41) is 3.58. The molecule has 1 fully saturated rings. The van der Waals surface area contributed by atoms with Gasteiger partial charge < -0.3 is 10.1 Å². The molecule has 3 nitrogen and oxygen atoms in total. The number of rotatable bonds is 9. The molecule has 3 heteroatoms. The fourth-order valence-electron chi connectivity index (χ4n) is 4.43. The molecule has 1 heterocycles. The van der Waals surface area contributed by atoms with E-state index in [4.69, 9.17) is 9.73 Å². The molecule has 0 radical (unpaired) electrons. The number of aliphatic imine (C=N–C) groups is 1. The molecular weight excluding hydrogens is 416 g/mol. The monoisotopic (exact) mass is 460 g/mol. The van der Waals surface area contributed by atoms with Crippen molar-refractivity contribution in [2.45, 2.75) is 66.7 Å². The molecule has 2 aromatic rings. The van der Waals surface area contributed by atoms with Crippen molar-refractivity contribution in [3.63, 3.8) is 0 Å². The summed E-state index contributed by atoms with van der Waals surface area (Å²) in [6.45, 7) is 19.6. The van der Waals surface area contributed by atoms with E-state index in [0.717, 1.165) is 56.0 Å². The van der Waals surface area contributed by atoms with Crippen molar-refractivity contribution in [2.75, 3.05) is 19.8 Å². The summed E-state index contributed by atoms with van der Waals surface area (Å²) in [6, 6.07) is 15.4. The lowest BCUT2D eigenvalue weighted by Crippen LogP contribution is -2.26. The van der Waals surface area contributed by atoms with Crippen molar-refractivity contribution >= 4 is 11.9 Å². The van der Waals surface area contributed by atoms with Crippen LogP contribution in [0, 0.1) is 19.8 Å². The van der Waals surface area contributed by atoms with Gasteiger partial charge in [0.1, 0.15) is 0 Å². The largest absolute Gasteiger partial charge is 0.385 e. The zero-order valence-electron chi connectivity index (χ0n) is 22.2. The first-order valence-electron chi connectivity index (χ1n) is 12.9. The van der Waals surface area contributed by atoms with Crippen LogP contribution in [-0.2, 0) is 4.74 Å². The number of nitrogens with zero attached hydrogens (tertiary/aromatic N) is 1. The van der Waals surface area contributed by atoms with Crippen molar-refractivity contribution in [2.24, 2.45) is 10.9 Å². The molecule has 1 N–H and O–H groups in total. The van der Waals surface area contributed by atoms with Gasteiger partial charge in [-0.1, -0.05) is 69.8 Å². The third-order valence-corrected chi connectivity index (χ3v) is 6.46. The molecule has 1 aliphatic rings. The second kappa shape index (κ2) is 14.6. The Labute approximate surface area is 208 Å². The van der Waals surface area contributed by atoms with Gasteiger partial charge in [-0.05, 0) is 79.8 Å². The standard InChI is InChI=1S/C29H38N2O.C2H6/c1-6-10-28(30-7-2)29(27-14-8-11-21(3)22(27)4)26-13-9-12-25(19-26)23(5)31-20-24-15-17-32-18-16-24;1-2/h7-14,19,24,29,31H,5-6,15-18,20H2,1-4H3;1-2H3/b28-10-,30-7?;. The van der Waals surface area contributed by atoms with E-state index in [1.807, 2.05) is 27.0 Å². The number of allylic oxidation sites excluding steroid dienone is 2. The first-order chi connectivity index (χ1) is 16.5. The Kier molecular flexibility index (Phi) is 11.8. The highest BCUT2D eigenvalue weighted by molar-refractivity contribution is 5.64. The summed E-state index contributed by atoms with van der Waals surface area (Å²) in [4.78, 5) is 4.80. The van der Waals surface area contributed by atoms with Crippen LogP contribution in [-0.4, -0.2) is 26.0 Å². The Hall–Kier alpha value is -2.65. The smallest absolute Gasteiger partial charge is 0.0512 e. The van der Waals surface area contributed by atoms with Gasteiger partial charge in [0.2, 0.25) is 0 Å². The maximum absolute atomic E-state index is 5.49. The zero-order chi connectivity index (χ0) is 24.9. The zero-order valence-corrected chi connectivity index (χ0v) is 22.2. The van der Waals surface area contributed by atoms with Crippen molar-refractivity contribution in [1.29, 1.82) is 0 Å². The number of aryl methyl sites for hydroxylation is 1. The number of nitrogens with one attached hydrogen (secondary N) is 1. The molecule has 0 aromatic heterocycles. The Bertz CT molecular complexity index is 967. The molecule has 1 aliphatic heterocycles. The minimum atomic E-state index is 0.0919. The van der Waals surface area contributed by atoms with E-state index in [1.165, 1.54) is 22.3 Å². The van der Waals surface area contributed by atoms with E-state index in [1.54, 1.807) is 0 Å². The van der Waals surface area contributed by atoms with Crippen LogP contribution >= 0.6 is 0 Å². The number of benzene rings is 2. The van der Waals surface area contributed by atoms with Crippen molar-refractivity contribution in [3.8, 4) is 0 Å². The summed E-state index contributed by atoms with van der Waals surface area (Å²) in [5.41, 5.74) is 8.42. The quantitative estimate of drug-likeness (QED) is 0.387. The highest BCUT2D eigenvalue weighted by Gasteiger charge is 2.22. The Morgan fingerprint density at radius 1 is 1.15 bits per heavy atom. The molecule has 0 spiro atoms. The lowest BCUT2D eigenvalue weighted by Gasteiger charge is -2.24. The van der Waals surface area contributed by atoms with E-state index < -0.39 is 0 Å². The lowest BCUT2D eigenvalue weighted by molar-refractivity contribution is 0.0674. The molecule has 34 heavy (non-hydrogen) atoms. The fraction of sp³-hybridized carbons (Fsp3) is 0.452. The molecule has 1 atom stereocenters. The van der Waals surface area contributed by atoms with Crippen LogP contribution in [0.4, 0.5) is 0 Å². The molecule has 0 bridgehead atoms. The average molecular weight is 461 g/mol. The first-order valence-corrected chi connectivity index (χ1v) is 12.9. The number of hydrogen-bond acceptors (Lipinski definition) is 3. The van der Waals surface area contributed by atoms with Crippen LogP contribution in [0.5, 0.6) is 0 Å². The second-order valence-electron chi connectivity index (χ2n) is 8.69. The minimum Gasteiger partial charge on any atom is -0.385 e. The second-order valence-corrected chi connectivity index (χ2v) is 8.69. The summed E-state index contributed by atoms with van der Waals surface area (Å²) in [5.74, 6) is 0.749. The molecule has 1 saturated heterocycles. The maximum Gasteiger partial charge on any atom is 0.0512 e. The van der Waals surface area contributed by atoms with Gasteiger partial charge in [0.15, 0.2) is 0 Å². The first kappa shape index (κ1) is 27.6. The van der Waals surface area contributed by atoms with Gasteiger partial charge >= 0.3 is 0 Å². The van der Waals surface area contributed by atoms with Gasteiger partial charge in [-0.3, -0.25) is 4.99 Å². The Morgan fingerprint density at radius 2 is 1.85 bits per heavy atom. The summed E-state index contributed by atoms with van der Waals surface area (Å²) in [7, 11) is 0. The predicted octanol–water partition coefficient (Wildman–Crippen LogP) is 7.83. The van der Waals surface area contributed by atoms with Crippen molar-refractivity contribution in [1.82, 2.24) is 5.32 Å². The molecule has 0 saturated carbocycles. The average Bonchev–Trinajstić information content (AvgIpc) is 2.87. The normalized spacial score (nSPS) is 15.5. The lowest BCUT2D eigenvalue weighted by atomic mass is 9.83. The van der Waals surface area contributed by atoms with Crippen molar-refractivity contribution < 1.29 is 4.74 Å². The molecule has 1 unspecified atom stereocenters. The van der Waals surface area contributed by atoms with Gasteiger partial charge in [-0.2, -0.15) is 0 Å². The summed E-state index contributed by atoms with van der Waals surface area (Å²) < 4.78 is 5.49. The van der Waals surface area contributed by atoms with Crippen LogP contribution < -0.4 is 5.32 Å². The fourth-order valence-corrected chi connectivity index (χ4v) is 4.43. The van der Waals surface area contributed by atoms with Gasteiger partial charge in [0.25, 0.3) is 0 Å². The number of hydrogen-bond donors (Lipinski definition) is 1. The van der Waals surface area contributed by atoms with Crippen LogP contribution in [0.25, 0.3) is 5.70 Å². The molecule has 0 amide bonds. The van der Waals surface area contributed by atoms with Crippen LogP contribution in [0.3, 0.4) is 0 Å². The molecule has 2 aromatic carbocycles. The van der Waals surface area contributed by atoms with Gasteiger partial charge in [-0.15, -0.1) is 0 Å². The van der Waals surface area contributed by atoms with Crippen LogP contribution in [0.15, 0.2) is 65.8 Å². The predicted molar refractivity (Wildman–Crippen MR) is 149 cm³/mol. The Balaban J connectivity index is 0.00000199. The number of ether oxygens (including phenoxy) is 1. The van der Waals surface area contributed by atoms with Gasteiger partial charge in [-0.25, -0.2) is 0 Å². The maximum atomic E-state index is 5.49. The molecule has 184 valence electrons. The van der Waals surface area contributed by atoms with Gasteiger partial charge in [0, 0.05) is 37.4 Å². The molecule has 0 aliphatic carbocycles. The van der Waals surface area contributed by atoms with Gasteiger partial charge in [0.05, 0.1) is 5.92 Å².